The van der Waals surface area contributed by atoms with Crippen LogP contribution in [0.5, 0.6) is 11.5 Å². The summed E-state index contributed by atoms with van der Waals surface area (Å²) >= 11 is 1.61. The lowest BCUT2D eigenvalue weighted by Crippen LogP contribution is -2.52. The summed E-state index contributed by atoms with van der Waals surface area (Å²) in [5.74, 6) is 0.989. The summed E-state index contributed by atoms with van der Waals surface area (Å²) in [5.41, 5.74) is 3.03. The van der Waals surface area contributed by atoms with Crippen LogP contribution < -0.4 is 14.8 Å². The fourth-order valence-electron chi connectivity index (χ4n) is 4.27. The molecule has 0 saturated heterocycles. The molecule has 0 radical (unpaired) electrons. The molecule has 2 amide bonds. The maximum Gasteiger partial charge on any atom is 0.242 e. The number of amides is 2. The Bertz CT molecular complexity index is 1040. The van der Waals surface area contributed by atoms with Crippen molar-refractivity contribution in [3.05, 3.63) is 70.2 Å². The molecule has 0 spiro atoms. The Morgan fingerprint density at radius 3 is 2.44 bits per heavy atom. The molecule has 8 heteroatoms. The molecule has 2 atom stereocenters. The Kier molecular flexibility index (Phi) is 6.50. The van der Waals surface area contributed by atoms with Gasteiger partial charge in [0.25, 0.3) is 0 Å². The van der Waals surface area contributed by atoms with Crippen molar-refractivity contribution >= 4 is 23.2 Å². The van der Waals surface area contributed by atoms with Crippen molar-refractivity contribution in [3.63, 3.8) is 0 Å². The number of carbonyl (C=O) groups is 2. The highest BCUT2D eigenvalue weighted by atomic mass is 32.1. The van der Waals surface area contributed by atoms with E-state index in [1.807, 2.05) is 52.7 Å². The largest absolute Gasteiger partial charge is 0.493 e. The van der Waals surface area contributed by atoms with Crippen molar-refractivity contribution in [3.8, 4) is 11.5 Å². The summed E-state index contributed by atoms with van der Waals surface area (Å²) in [6.07, 6.45) is 4.62. The van der Waals surface area contributed by atoms with Gasteiger partial charge in [0.2, 0.25) is 11.8 Å². The van der Waals surface area contributed by atoms with Crippen LogP contribution in [0.3, 0.4) is 0 Å². The van der Waals surface area contributed by atoms with Gasteiger partial charge in [0.15, 0.2) is 11.5 Å². The SMILES string of the molecule is CNC(=O)[C@@H]1Cc2cc(OC)c(OC)cc2CN1C(=O)C[C@H](c1ccsc1)n1cccc1. The Hall–Kier alpha value is -3.26. The van der Waals surface area contributed by atoms with Gasteiger partial charge in [0, 0.05) is 32.4 Å². The van der Waals surface area contributed by atoms with E-state index >= 15 is 0 Å². The van der Waals surface area contributed by atoms with Crippen molar-refractivity contribution < 1.29 is 19.1 Å². The highest BCUT2D eigenvalue weighted by molar-refractivity contribution is 7.08. The fraction of sp³-hybridized carbons (Fsp3) is 0.333. The van der Waals surface area contributed by atoms with Gasteiger partial charge in [-0.15, -0.1) is 0 Å². The second kappa shape index (κ2) is 9.48. The molecule has 1 aliphatic heterocycles. The van der Waals surface area contributed by atoms with Gasteiger partial charge in [-0.2, -0.15) is 11.3 Å². The number of ether oxygens (including phenoxy) is 2. The number of rotatable bonds is 7. The predicted molar refractivity (Wildman–Crippen MR) is 123 cm³/mol. The lowest BCUT2D eigenvalue weighted by molar-refractivity contribution is -0.142. The van der Waals surface area contributed by atoms with Gasteiger partial charge >= 0.3 is 0 Å². The van der Waals surface area contributed by atoms with Crippen molar-refractivity contribution in [1.82, 2.24) is 14.8 Å². The monoisotopic (exact) mass is 453 g/mol. The minimum absolute atomic E-state index is 0.0658. The van der Waals surface area contributed by atoms with E-state index in [4.69, 9.17) is 9.47 Å². The number of methoxy groups -OCH3 is 2. The third kappa shape index (κ3) is 4.23. The first-order valence-corrected chi connectivity index (χ1v) is 11.4. The number of fused-ring (bicyclic) bond motifs is 1. The topological polar surface area (TPSA) is 72.8 Å². The van der Waals surface area contributed by atoms with E-state index in [0.717, 1.165) is 16.7 Å². The van der Waals surface area contributed by atoms with Crippen LogP contribution in [0, 0.1) is 0 Å². The third-order valence-corrected chi connectivity index (χ3v) is 6.69. The molecule has 32 heavy (non-hydrogen) atoms. The van der Waals surface area contributed by atoms with Crippen LogP contribution in [-0.2, 0) is 22.6 Å². The average molecular weight is 454 g/mol. The van der Waals surface area contributed by atoms with E-state index < -0.39 is 6.04 Å². The first-order chi connectivity index (χ1) is 15.5. The Labute approximate surface area is 191 Å². The highest BCUT2D eigenvalue weighted by Gasteiger charge is 2.36. The predicted octanol–water partition coefficient (Wildman–Crippen LogP) is 3.25. The maximum absolute atomic E-state index is 13.6. The molecule has 3 aromatic rings. The van der Waals surface area contributed by atoms with Gasteiger partial charge in [0.05, 0.1) is 26.7 Å². The van der Waals surface area contributed by atoms with Crippen LogP contribution >= 0.6 is 11.3 Å². The van der Waals surface area contributed by atoms with Gasteiger partial charge in [-0.3, -0.25) is 9.59 Å². The summed E-state index contributed by atoms with van der Waals surface area (Å²) in [4.78, 5) is 28.0. The minimum atomic E-state index is -0.578. The molecule has 3 heterocycles. The molecule has 0 aliphatic carbocycles. The van der Waals surface area contributed by atoms with Gasteiger partial charge in [0.1, 0.15) is 6.04 Å². The van der Waals surface area contributed by atoms with E-state index in [1.165, 1.54) is 0 Å². The van der Waals surface area contributed by atoms with Crippen LogP contribution in [0.4, 0.5) is 0 Å². The molecular formula is C24H27N3O4S. The molecule has 168 valence electrons. The Morgan fingerprint density at radius 1 is 1.16 bits per heavy atom. The summed E-state index contributed by atoms with van der Waals surface area (Å²) < 4.78 is 12.9. The second-order valence-electron chi connectivity index (χ2n) is 7.74. The number of thiophene rings is 1. The third-order valence-electron chi connectivity index (χ3n) is 5.99. The van der Waals surface area contributed by atoms with Gasteiger partial charge in [-0.05, 0) is 57.8 Å². The Balaban J connectivity index is 1.65. The van der Waals surface area contributed by atoms with Gasteiger partial charge < -0.3 is 24.3 Å². The molecule has 7 nitrogen and oxygen atoms in total. The van der Waals surface area contributed by atoms with E-state index in [2.05, 4.69) is 10.7 Å². The molecule has 1 aromatic carbocycles. The number of carbonyl (C=O) groups excluding carboxylic acids is 2. The molecule has 0 saturated carbocycles. The summed E-state index contributed by atoms with van der Waals surface area (Å²) in [5, 5.41) is 6.80. The number of hydrogen-bond acceptors (Lipinski definition) is 5. The van der Waals surface area contributed by atoms with Crippen LogP contribution in [0.15, 0.2) is 53.5 Å². The van der Waals surface area contributed by atoms with Crippen LogP contribution in [0.1, 0.15) is 29.2 Å². The molecule has 4 rings (SSSR count). The second-order valence-corrected chi connectivity index (χ2v) is 8.52. The van der Waals surface area contributed by atoms with Crippen molar-refractivity contribution in [2.24, 2.45) is 0 Å². The minimum Gasteiger partial charge on any atom is -0.493 e. The van der Waals surface area contributed by atoms with E-state index in [0.29, 0.717) is 24.5 Å². The van der Waals surface area contributed by atoms with Crippen molar-refractivity contribution in [1.29, 1.82) is 0 Å². The van der Waals surface area contributed by atoms with Crippen LogP contribution in [-0.4, -0.2) is 48.6 Å². The Morgan fingerprint density at radius 2 is 1.84 bits per heavy atom. The number of nitrogens with one attached hydrogen (secondary N) is 1. The lowest BCUT2D eigenvalue weighted by Gasteiger charge is -2.37. The molecule has 1 aliphatic rings. The zero-order valence-electron chi connectivity index (χ0n) is 18.4. The lowest BCUT2D eigenvalue weighted by atomic mass is 9.92. The van der Waals surface area contributed by atoms with Gasteiger partial charge in [-0.1, -0.05) is 0 Å². The molecule has 0 fully saturated rings. The summed E-state index contributed by atoms with van der Waals surface area (Å²) in [6.45, 7) is 0.342. The number of nitrogens with zero attached hydrogens (tertiary/aromatic N) is 2. The van der Waals surface area contributed by atoms with E-state index in [1.54, 1.807) is 37.5 Å². The number of hydrogen-bond donors (Lipinski definition) is 1. The molecule has 0 bridgehead atoms. The zero-order valence-corrected chi connectivity index (χ0v) is 19.2. The van der Waals surface area contributed by atoms with Crippen LogP contribution in [0.25, 0.3) is 0 Å². The van der Waals surface area contributed by atoms with E-state index in [9.17, 15) is 9.59 Å². The number of aromatic nitrogens is 1. The van der Waals surface area contributed by atoms with Crippen molar-refractivity contribution in [2.45, 2.75) is 31.5 Å². The summed E-state index contributed by atoms with van der Waals surface area (Å²) in [7, 11) is 4.78. The smallest absolute Gasteiger partial charge is 0.242 e. The fourth-order valence-corrected chi connectivity index (χ4v) is 4.98. The zero-order chi connectivity index (χ0) is 22.7. The standard InChI is InChI=1S/C24H27N3O4S/c1-25-24(29)20-10-17-11-21(30-2)22(31-3)12-18(17)14-27(20)23(28)13-19(16-6-9-32-15-16)26-7-4-5-8-26/h4-9,11-12,15,19-20H,10,13-14H2,1-3H3,(H,25,29)/t19-,20+/m1/s1. The maximum atomic E-state index is 13.6. The molecule has 2 aromatic heterocycles. The van der Waals surface area contributed by atoms with Gasteiger partial charge in [-0.25, -0.2) is 0 Å². The molecule has 1 N–H and O–H groups in total. The molecular weight excluding hydrogens is 426 g/mol. The first-order valence-electron chi connectivity index (χ1n) is 10.4. The number of benzene rings is 1. The van der Waals surface area contributed by atoms with E-state index in [-0.39, 0.29) is 24.3 Å². The average Bonchev–Trinajstić information content (AvgIpc) is 3.54. The van der Waals surface area contributed by atoms with Crippen molar-refractivity contribution in [2.75, 3.05) is 21.3 Å². The first kappa shape index (κ1) is 22.0. The molecule has 0 unspecified atom stereocenters. The highest BCUT2D eigenvalue weighted by Crippen LogP contribution is 2.35. The summed E-state index contributed by atoms with van der Waals surface area (Å²) in [6, 6.07) is 9.05. The number of likely N-dealkylation sites (N-methyl/N-ethyl adjacent to an activating group) is 1. The quantitative estimate of drug-likeness (QED) is 0.596. The van der Waals surface area contributed by atoms with Crippen LogP contribution in [0.2, 0.25) is 0 Å². The normalized spacial score (nSPS) is 16.2.